The normalized spacial score (nSPS) is 12.0. The van der Waals surface area contributed by atoms with E-state index < -0.39 is 5.97 Å². The molecule has 0 radical (unpaired) electrons. The third-order valence-electron chi connectivity index (χ3n) is 4.03. The first kappa shape index (κ1) is 19.7. The van der Waals surface area contributed by atoms with Crippen molar-refractivity contribution in [1.82, 2.24) is 0 Å². The fourth-order valence-corrected chi connectivity index (χ4v) is 2.48. The van der Waals surface area contributed by atoms with E-state index in [9.17, 15) is 9.59 Å². The zero-order chi connectivity index (χ0) is 18.9. The van der Waals surface area contributed by atoms with E-state index >= 15 is 0 Å². The smallest absolute Gasteiger partial charge is 0.331 e. The number of carbonyl (C=O) groups excluding carboxylic acids is 2. The van der Waals surface area contributed by atoms with Crippen molar-refractivity contribution in [1.29, 1.82) is 0 Å². The molecule has 0 saturated carbocycles. The summed E-state index contributed by atoms with van der Waals surface area (Å²) in [5, 5.41) is 3.24. The SMILES string of the molecule is CC[C@@H](C)c1ccc(NC(=O)COC(=O)/C=C/c2ccccc2Cl)cc1. The maximum atomic E-state index is 11.9. The topological polar surface area (TPSA) is 55.4 Å². The molecule has 0 spiro atoms. The third-order valence-corrected chi connectivity index (χ3v) is 4.37. The average molecular weight is 372 g/mol. The van der Waals surface area contributed by atoms with Gasteiger partial charge in [-0.05, 0) is 47.7 Å². The van der Waals surface area contributed by atoms with Crippen LogP contribution in [-0.4, -0.2) is 18.5 Å². The van der Waals surface area contributed by atoms with E-state index in [1.54, 1.807) is 24.3 Å². The number of benzene rings is 2. The molecule has 2 aromatic rings. The lowest BCUT2D eigenvalue weighted by molar-refractivity contribution is -0.142. The van der Waals surface area contributed by atoms with E-state index in [1.165, 1.54) is 11.6 Å². The summed E-state index contributed by atoms with van der Waals surface area (Å²) in [5.41, 5.74) is 2.60. The summed E-state index contributed by atoms with van der Waals surface area (Å²) in [6, 6.07) is 14.8. The van der Waals surface area contributed by atoms with Crippen LogP contribution in [0.3, 0.4) is 0 Å². The number of ether oxygens (including phenoxy) is 1. The molecular weight excluding hydrogens is 350 g/mol. The molecule has 0 unspecified atom stereocenters. The highest BCUT2D eigenvalue weighted by Gasteiger charge is 2.07. The highest BCUT2D eigenvalue weighted by molar-refractivity contribution is 6.32. The van der Waals surface area contributed by atoms with Crippen molar-refractivity contribution in [2.45, 2.75) is 26.2 Å². The van der Waals surface area contributed by atoms with E-state index in [2.05, 4.69) is 19.2 Å². The predicted molar refractivity (Wildman–Crippen MR) is 105 cm³/mol. The second kappa shape index (κ2) is 9.78. The van der Waals surface area contributed by atoms with Gasteiger partial charge in [-0.15, -0.1) is 0 Å². The molecule has 0 fully saturated rings. The summed E-state index contributed by atoms with van der Waals surface area (Å²) in [4.78, 5) is 23.6. The van der Waals surface area contributed by atoms with Crippen LogP contribution in [0.2, 0.25) is 5.02 Å². The Balaban J connectivity index is 1.81. The largest absolute Gasteiger partial charge is 0.452 e. The minimum absolute atomic E-state index is 0.348. The van der Waals surface area contributed by atoms with E-state index in [1.807, 2.05) is 30.3 Å². The second-order valence-corrected chi connectivity index (χ2v) is 6.35. The van der Waals surface area contributed by atoms with E-state index in [-0.39, 0.29) is 12.5 Å². The van der Waals surface area contributed by atoms with Crippen LogP contribution in [0, 0.1) is 0 Å². The Hall–Kier alpha value is -2.59. The summed E-state index contributed by atoms with van der Waals surface area (Å²) in [7, 11) is 0. The Kier molecular flexibility index (Phi) is 7.42. The molecule has 4 nitrogen and oxygen atoms in total. The Morgan fingerprint density at radius 1 is 1.15 bits per heavy atom. The number of halogens is 1. The van der Waals surface area contributed by atoms with Gasteiger partial charge in [0.2, 0.25) is 0 Å². The minimum atomic E-state index is -0.604. The molecule has 0 aliphatic rings. The van der Waals surface area contributed by atoms with Crippen LogP contribution in [0.25, 0.3) is 6.08 Å². The molecule has 0 saturated heterocycles. The lowest BCUT2D eigenvalue weighted by atomic mass is 9.99. The molecule has 1 atom stereocenters. The van der Waals surface area contributed by atoms with Gasteiger partial charge in [0, 0.05) is 16.8 Å². The van der Waals surface area contributed by atoms with E-state index in [0.29, 0.717) is 22.2 Å². The Labute approximate surface area is 158 Å². The lowest BCUT2D eigenvalue weighted by Gasteiger charge is -2.10. The molecule has 2 rings (SSSR count). The zero-order valence-electron chi connectivity index (χ0n) is 14.9. The van der Waals surface area contributed by atoms with Gasteiger partial charge in [-0.25, -0.2) is 4.79 Å². The maximum absolute atomic E-state index is 11.9. The van der Waals surface area contributed by atoms with Gasteiger partial charge in [0.05, 0.1) is 0 Å². The summed E-state index contributed by atoms with van der Waals surface area (Å²) >= 11 is 6.00. The van der Waals surface area contributed by atoms with Crippen molar-refractivity contribution in [3.63, 3.8) is 0 Å². The summed E-state index contributed by atoms with van der Waals surface area (Å²) in [6.45, 7) is 3.94. The first-order chi connectivity index (χ1) is 12.5. The van der Waals surface area contributed by atoms with Gasteiger partial charge >= 0.3 is 5.97 Å². The molecule has 1 amide bonds. The molecule has 0 aromatic heterocycles. The van der Waals surface area contributed by atoms with Crippen molar-refractivity contribution in [2.75, 3.05) is 11.9 Å². The maximum Gasteiger partial charge on any atom is 0.331 e. The molecule has 1 N–H and O–H groups in total. The van der Waals surface area contributed by atoms with Gasteiger partial charge in [-0.2, -0.15) is 0 Å². The number of nitrogens with one attached hydrogen (secondary N) is 1. The number of carbonyl (C=O) groups is 2. The number of hydrogen-bond donors (Lipinski definition) is 1. The number of hydrogen-bond acceptors (Lipinski definition) is 3. The first-order valence-electron chi connectivity index (χ1n) is 8.48. The quantitative estimate of drug-likeness (QED) is 0.547. The van der Waals surface area contributed by atoms with Gasteiger partial charge in [0.1, 0.15) is 0 Å². The molecule has 136 valence electrons. The van der Waals surface area contributed by atoms with Gasteiger partial charge in [0.15, 0.2) is 6.61 Å². The summed E-state index contributed by atoms with van der Waals surface area (Å²) < 4.78 is 4.94. The Morgan fingerprint density at radius 2 is 1.85 bits per heavy atom. The fraction of sp³-hybridized carbons (Fsp3) is 0.238. The first-order valence-corrected chi connectivity index (χ1v) is 8.86. The fourth-order valence-electron chi connectivity index (χ4n) is 2.28. The van der Waals surface area contributed by atoms with Crippen LogP contribution >= 0.6 is 11.6 Å². The van der Waals surface area contributed by atoms with Crippen molar-refractivity contribution in [2.24, 2.45) is 0 Å². The number of anilines is 1. The average Bonchev–Trinajstić information content (AvgIpc) is 2.65. The molecule has 0 aliphatic carbocycles. The van der Waals surface area contributed by atoms with Gasteiger partial charge in [-0.3, -0.25) is 4.79 Å². The van der Waals surface area contributed by atoms with Crippen molar-refractivity contribution < 1.29 is 14.3 Å². The standard InChI is InChI=1S/C21H22ClNO3/c1-3-15(2)16-8-11-18(12-9-16)23-20(24)14-26-21(25)13-10-17-6-4-5-7-19(17)22/h4-13,15H,3,14H2,1-2H3,(H,23,24)/b13-10+/t15-/m1/s1. The molecule has 2 aromatic carbocycles. The van der Waals surface area contributed by atoms with Crippen LogP contribution in [0.15, 0.2) is 54.6 Å². The Bertz CT molecular complexity index is 784. The van der Waals surface area contributed by atoms with Crippen molar-refractivity contribution >= 4 is 35.2 Å². The number of esters is 1. The minimum Gasteiger partial charge on any atom is -0.452 e. The van der Waals surface area contributed by atoms with Crippen LogP contribution in [0.5, 0.6) is 0 Å². The number of rotatable bonds is 7. The van der Waals surface area contributed by atoms with Gasteiger partial charge in [0.25, 0.3) is 5.91 Å². The highest BCUT2D eigenvalue weighted by atomic mass is 35.5. The molecular formula is C21H22ClNO3. The number of amides is 1. The molecule has 0 bridgehead atoms. The van der Waals surface area contributed by atoms with Crippen LogP contribution in [0.1, 0.15) is 37.3 Å². The van der Waals surface area contributed by atoms with Crippen LogP contribution in [0.4, 0.5) is 5.69 Å². The molecule has 0 heterocycles. The molecule has 26 heavy (non-hydrogen) atoms. The second-order valence-electron chi connectivity index (χ2n) is 5.94. The molecule has 0 aliphatic heterocycles. The van der Waals surface area contributed by atoms with Gasteiger partial charge < -0.3 is 10.1 Å². The van der Waals surface area contributed by atoms with E-state index in [0.717, 1.165) is 6.42 Å². The summed E-state index contributed by atoms with van der Waals surface area (Å²) in [5.74, 6) is -0.515. The highest BCUT2D eigenvalue weighted by Crippen LogP contribution is 2.20. The predicted octanol–water partition coefficient (Wildman–Crippen LogP) is 5.05. The van der Waals surface area contributed by atoms with Crippen LogP contribution < -0.4 is 5.32 Å². The van der Waals surface area contributed by atoms with E-state index in [4.69, 9.17) is 16.3 Å². The van der Waals surface area contributed by atoms with Crippen LogP contribution in [-0.2, 0) is 14.3 Å². The molecule has 5 heteroatoms. The summed E-state index contributed by atoms with van der Waals surface area (Å²) in [6.07, 6.45) is 3.86. The monoisotopic (exact) mass is 371 g/mol. The Morgan fingerprint density at radius 3 is 2.50 bits per heavy atom. The van der Waals surface area contributed by atoms with Crippen molar-refractivity contribution in [3.8, 4) is 0 Å². The zero-order valence-corrected chi connectivity index (χ0v) is 15.6. The third kappa shape index (κ3) is 6.05. The van der Waals surface area contributed by atoms with Gasteiger partial charge in [-0.1, -0.05) is 55.8 Å². The van der Waals surface area contributed by atoms with Crippen molar-refractivity contribution in [3.05, 3.63) is 70.8 Å². The lowest BCUT2D eigenvalue weighted by Crippen LogP contribution is -2.20.